The van der Waals surface area contributed by atoms with Gasteiger partial charge in [0.1, 0.15) is 5.66 Å². The Morgan fingerprint density at radius 2 is 1.79 bits per heavy atom. The SMILES string of the molecule is CCN1CCN(C2(c3ccc(/C=N\O)cc3)NC=Cc3ccccc32)CC1.Cl. The van der Waals surface area contributed by atoms with Crippen LogP contribution in [0.5, 0.6) is 0 Å². The molecule has 5 nitrogen and oxygen atoms in total. The smallest absolute Gasteiger partial charge is 0.144 e. The molecule has 1 atom stereocenters. The lowest BCUT2D eigenvalue weighted by atomic mass is 9.83. The second-order valence-electron chi connectivity index (χ2n) is 7.06. The molecule has 0 saturated carbocycles. The third-order valence-electron chi connectivity index (χ3n) is 5.73. The maximum absolute atomic E-state index is 8.81. The first-order chi connectivity index (χ1) is 13.3. The van der Waals surface area contributed by atoms with Gasteiger partial charge in [-0.2, -0.15) is 0 Å². The molecule has 0 bridgehead atoms. The van der Waals surface area contributed by atoms with Crippen molar-refractivity contribution >= 4 is 24.7 Å². The zero-order chi connectivity index (χ0) is 18.7. The van der Waals surface area contributed by atoms with Gasteiger partial charge in [-0.15, -0.1) is 12.4 Å². The van der Waals surface area contributed by atoms with E-state index in [4.69, 9.17) is 5.21 Å². The molecule has 2 heterocycles. The summed E-state index contributed by atoms with van der Waals surface area (Å²) in [5.74, 6) is 0. The molecular weight excluding hydrogens is 372 g/mol. The topological polar surface area (TPSA) is 51.1 Å². The van der Waals surface area contributed by atoms with E-state index in [1.807, 2.05) is 12.1 Å². The summed E-state index contributed by atoms with van der Waals surface area (Å²) in [4.78, 5) is 5.05. The van der Waals surface area contributed by atoms with Gasteiger partial charge < -0.3 is 15.4 Å². The molecule has 0 aliphatic carbocycles. The fourth-order valence-electron chi connectivity index (χ4n) is 4.26. The number of halogens is 1. The van der Waals surface area contributed by atoms with Crippen molar-refractivity contribution < 1.29 is 5.21 Å². The molecule has 28 heavy (non-hydrogen) atoms. The van der Waals surface area contributed by atoms with Crippen LogP contribution in [0, 0.1) is 0 Å². The highest BCUT2D eigenvalue weighted by Gasteiger charge is 2.43. The van der Waals surface area contributed by atoms with Crippen LogP contribution >= 0.6 is 12.4 Å². The van der Waals surface area contributed by atoms with Crippen LogP contribution in [0.2, 0.25) is 0 Å². The minimum atomic E-state index is -0.389. The molecule has 0 radical (unpaired) electrons. The Hall–Kier alpha value is -2.34. The summed E-state index contributed by atoms with van der Waals surface area (Å²) in [5, 5.41) is 15.6. The van der Waals surface area contributed by atoms with E-state index in [9.17, 15) is 0 Å². The minimum Gasteiger partial charge on any atom is -0.411 e. The van der Waals surface area contributed by atoms with Crippen molar-refractivity contribution in [2.45, 2.75) is 12.6 Å². The van der Waals surface area contributed by atoms with Crippen LogP contribution in [-0.4, -0.2) is 53.9 Å². The van der Waals surface area contributed by atoms with Crippen molar-refractivity contribution in [3.8, 4) is 0 Å². The summed E-state index contributed by atoms with van der Waals surface area (Å²) in [5.41, 5.74) is 4.21. The van der Waals surface area contributed by atoms with Crippen LogP contribution in [0.1, 0.15) is 29.2 Å². The molecule has 0 amide bonds. The normalized spacial score (nSPS) is 22.5. The lowest BCUT2D eigenvalue weighted by Gasteiger charge is -2.50. The number of hydrogen-bond donors (Lipinski definition) is 2. The number of nitrogens with zero attached hydrogens (tertiary/aromatic N) is 3. The monoisotopic (exact) mass is 398 g/mol. The van der Waals surface area contributed by atoms with Gasteiger partial charge in [0.15, 0.2) is 0 Å². The van der Waals surface area contributed by atoms with E-state index in [1.165, 1.54) is 22.9 Å². The summed E-state index contributed by atoms with van der Waals surface area (Å²) in [6.45, 7) is 7.47. The van der Waals surface area contributed by atoms with Crippen molar-refractivity contribution in [1.82, 2.24) is 15.1 Å². The summed E-state index contributed by atoms with van der Waals surface area (Å²) >= 11 is 0. The second kappa shape index (κ2) is 8.78. The molecule has 2 aromatic carbocycles. The van der Waals surface area contributed by atoms with Gasteiger partial charge in [0, 0.05) is 31.7 Å². The van der Waals surface area contributed by atoms with Gasteiger partial charge in [-0.25, -0.2) is 0 Å². The Morgan fingerprint density at radius 3 is 2.46 bits per heavy atom. The second-order valence-corrected chi connectivity index (χ2v) is 7.06. The Labute approximate surface area is 172 Å². The standard InChI is InChI=1S/C22H26N4O.ClH/c1-2-25-13-15-26(16-14-25)22(20-9-7-18(8-10-20)17-24-27)21-6-4-3-5-19(21)11-12-23-22;/h3-12,17,23,27H,2,13-16H2,1H3;1H/b24-17-;. The molecular formula is C22H27ClN4O. The number of fused-ring (bicyclic) bond motifs is 1. The highest BCUT2D eigenvalue weighted by Crippen LogP contribution is 2.39. The number of nitrogens with one attached hydrogen (secondary N) is 1. The zero-order valence-electron chi connectivity index (χ0n) is 16.1. The Balaban J connectivity index is 0.00000225. The van der Waals surface area contributed by atoms with Crippen LogP contribution in [0.25, 0.3) is 6.08 Å². The van der Waals surface area contributed by atoms with E-state index >= 15 is 0 Å². The molecule has 2 aromatic rings. The maximum atomic E-state index is 8.81. The number of likely N-dealkylation sites (N-methyl/N-ethyl adjacent to an activating group) is 1. The van der Waals surface area contributed by atoms with Crippen LogP contribution in [0.3, 0.4) is 0 Å². The number of oxime groups is 1. The molecule has 1 saturated heterocycles. The fourth-order valence-corrected chi connectivity index (χ4v) is 4.26. The molecule has 2 aliphatic heterocycles. The van der Waals surface area contributed by atoms with E-state index in [2.05, 4.69) is 75.9 Å². The Bertz CT molecular complexity index is 844. The predicted molar refractivity (Wildman–Crippen MR) is 116 cm³/mol. The predicted octanol–water partition coefficient (Wildman–Crippen LogP) is 3.33. The number of rotatable bonds is 4. The van der Waals surface area contributed by atoms with Gasteiger partial charge in [0.05, 0.1) is 6.21 Å². The molecule has 6 heteroatoms. The third kappa shape index (κ3) is 3.53. The van der Waals surface area contributed by atoms with Crippen molar-refractivity contribution in [3.05, 3.63) is 77.0 Å². The van der Waals surface area contributed by atoms with E-state index < -0.39 is 0 Å². The molecule has 0 aromatic heterocycles. The van der Waals surface area contributed by atoms with Gasteiger partial charge in [-0.1, -0.05) is 60.6 Å². The highest BCUT2D eigenvalue weighted by atomic mass is 35.5. The van der Waals surface area contributed by atoms with Crippen LogP contribution in [0.15, 0.2) is 59.9 Å². The third-order valence-corrected chi connectivity index (χ3v) is 5.73. The van der Waals surface area contributed by atoms with Gasteiger partial charge in [0.25, 0.3) is 0 Å². The van der Waals surface area contributed by atoms with Gasteiger partial charge in [-0.3, -0.25) is 4.90 Å². The molecule has 2 N–H and O–H groups in total. The number of benzene rings is 2. The van der Waals surface area contributed by atoms with E-state index in [1.54, 1.807) is 0 Å². The van der Waals surface area contributed by atoms with Crippen molar-refractivity contribution in [1.29, 1.82) is 0 Å². The van der Waals surface area contributed by atoms with Gasteiger partial charge >= 0.3 is 0 Å². The largest absolute Gasteiger partial charge is 0.411 e. The van der Waals surface area contributed by atoms with E-state index in [0.29, 0.717) is 0 Å². The first-order valence-corrected chi connectivity index (χ1v) is 9.57. The summed E-state index contributed by atoms with van der Waals surface area (Å²) in [6, 6.07) is 16.9. The zero-order valence-corrected chi connectivity index (χ0v) is 16.9. The van der Waals surface area contributed by atoms with Crippen molar-refractivity contribution in [2.24, 2.45) is 5.16 Å². The van der Waals surface area contributed by atoms with Crippen LogP contribution < -0.4 is 5.32 Å². The molecule has 1 fully saturated rings. The summed E-state index contributed by atoms with van der Waals surface area (Å²) < 4.78 is 0. The van der Waals surface area contributed by atoms with Crippen molar-refractivity contribution in [3.63, 3.8) is 0 Å². The van der Waals surface area contributed by atoms with E-state index in [-0.39, 0.29) is 18.1 Å². The van der Waals surface area contributed by atoms with Crippen LogP contribution in [-0.2, 0) is 5.66 Å². The van der Waals surface area contributed by atoms with Crippen LogP contribution in [0.4, 0.5) is 0 Å². The quantitative estimate of drug-likeness (QED) is 0.471. The highest BCUT2D eigenvalue weighted by molar-refractivity contribution is 5.85. The molecule has 0 spiro atoms. The fraction of sp³-hybridized carbons (Fsp3) is 0.318. The van der Waals surface area contributed by atoms with E-state index in [0.717, 1.165) is 38.3 Å². The maximum Gasteiger partial charge on any atom is 0.144 e. The first-order valence-electron chi connectivity index (χ1n) is 9.57. The van der Waals surface area contributed by atoms with Crippen molar-refractivity contribution in [2.75, 3.05) is 32.7 Å². The number of piperazine rings is 1. The lowest BCUT2D eigenvalue weighted by molar-refractivity contribution is 0.0411. The molecule has 148 valence electrons. The minimum absolute atomic E-state index is 0. The van der Waals surface area contributed by atoms with Gasteiger partial charge in [0.2, 0.25) is 0 Å². The molecule has 2 aliphatic rings. The van der Waals surface area contributed by atoms with Gasteiger partial charge in [-0.05, 0) is 35.5 Å². The first kappa shape index (κ1) is 20.4. The Morgan fingerprint density at radius 1 is 1.07 bits per heavy atom. The average Bonchev–Trinajstić information content (AvgIpc) is 2.74. The summed E-state index contributed by atoms with van der Waals surface area (Å²) in [7, 11) is 0. The molecule has 1 unspecified atom stereocenters. The number of hydrogen-bond acceptors (Lipinski definition) is 5. The average molecular weight is 399 g/mol. The lowest BCUT2D eigenvalue weighted by Crippen LogP contribution is -2.61. The Kier molecular flexibility index (Phi) is 6.39. The summed E-state index contributed by atoms with van der Waals surface area (Å²) in [6.07, 6.45) is 5.67. The molecule has 4 rings (SSSR count).